The molecule has 0 aliphatic carbocycles. The maximum absolute atomic E-state index is 11.8. The molecule has 2 rings (SSSR count). The van der Waals surface area contributed by atoms with Gasteiger partial charge >= 0.3 is 5.97 Å². The van der Waals surface area contributed by atoms with Gasteiger partial charge in [0.2, 0.25) is 0 Å². The first-order valence-corrected chi connectivity index (χ1v) is 10.5. The van der Waals surface area contributed by atoms with Gasteiger partial charge in [-0.05, 0) is 56.5 Å². The normalized spacial score (nSPS) is 11.9. The van der Waals surface area contributed by atoms with Gasteiger partial charge in [-0.25, -0.2) is 0 Å². The summed E-state index contributed by atoms with van der Waals surface area (Å²) in [6.45, 7) is 8.87. The summed E-state index contributed by atoms with van der Waals surface area (Å²) in [6.07, 6.45) is 1.09. The molecule has 0 saturated heterocycles. The number of carbonyl (C=O) groups is 1. The summed E-state index contributed by atoms with van der Waals surface area (Å²) >= 11 is 1.50. The standard InChI is InChI=1S/C22H30N2O2S/c1-5-26-22(25)15-27-21-14-19(24-18-9-7-6-8-10-18)11-12-20(21)23-17(4)13-16(2)3/h6-12,14,16-17,23-24H,5,13,15H2,1-4H3. The van der Waals surface area contributed by atoms with E-state index in [1.54, 1.807) is 0 Å². The van der Waals surface area contributed by atoms with Crippen LogP contribution in [0.25, 0.3) is 0 Å². The highest BCUT2D eigenvalue weighted by molar-refractivity contribution is 8.00. The smallest absolute Gasteiger partial charge is 0.316 e. The fraction of sp³-hybridized carbons (Fsp3) is 0.409. The molecule has 2 N–H and O–H groups in total. The van der Waals surface area contributed by atoms with Crippen LogP contribution in [0.3, 0.4) is 0 Å². The molecule has 5 heteroatoms. The molecule has 0 spiro atoms. The summed E-state index contributed by atoms with van der Waals surface area (Å²) in [6, 6.07) is 16.6. The number of rotatable bonds is 10. The molecule has 2 aromatic rings. The number of esters is 1. The van der Waals surface area contributed by atoms with Gasteiger partial charge < -0.3 is 15.4 Å². The number of hydrogen-bond acceptors (Lipinski definition) is 5. The van der Waals surface area contributed by atoms with Crippen LogP contribution in [-0.2, 0) is 9.53 Å². The highest BCUT2D eigenvalue weighted by Gasteiger charge is 2.12. The number of thioether (sulfide) groups is 1. The van der Waals surface area contributed by atoms with Crippen molar-refractivity contribution in [3.63, 3.8) is 0 Å². The van der Waals surface area contributed by atoms with Gasteiger partial charge in [0, 0.05) is 28.0 Å². The number of benzene rings is 2. The first kappa shape index (κ1) is 21.2. The van der Waals surface area contributed by atoms with Crippen molar-refractivity contribution in [1.29, 1.82) is 0 Å². The van der Waals surface area contributed by atoms with E-state index in [0.29, 0.717) is 24.3 Å². The van der Waals surface area contributed by atoms with E-state index in [1.165, 1.54) is 11.8 Å². The van der Waals surface area contributed by atoms with E-state index in [4.69, 9.17) is 4.74 Å². The van der Waals surface area contributed by atoms with Gasteiger partial charge in [-0.15, -0.1) is 11.8 Å². The van der Waals surface area contributed by atoms with Gasteiger partial charge in [0.25, 0.3) is 0 Å². The van der Waals surface area contributed by atoms with Gasteiger partial charge in [-0.1, -0.05) is 32.0 Å². The maximum Gasteiger partial charge on any atom is 0.316 e. The van der Waals surface area contributed by atoms with Crippen molar-refractivity contribution >= 4 is 34.8 Å². The van der Waals surface area contributed by atoms with Crippen LogP contribution >= 0.6 is 11.8 Å². The van der Waals surface area contributed by atoms with Crippen molar-refractivity contribution in [2.24, 2.45) is 5.92 Å². The number of ether oxygens (including phenoxy) is 1. The zero-order valence-electron chi connectivity index (χ0n) is 16.6. The minimum absolute atomic E-state index is 0.190. The van der Waals surface area contributed by atoms with E-state index < -0.39 is 0 Å². The van der Waals surface area contributed by atoms with Crippen LogP contribution in [-0.4, -0.2) is 24.4 Å². The summed E-state index contributed by atoms with van der Waals surface area (Å²) < 4.78 is 5.07. The van der Waals surface area contributed by atoms with Crippen LogP contribution < -0.4 is 10.6 Å². The lowest BCUT2D eigenvalue weighted by Crippen LogP contribution is -2.18. The summed E-state index contributed by atoms with van der Waals surface area (Å²) in [5.41, 5.74) is 3.08. The number of anilines is 3. The van der Waals surface area contributed by atoms with E-state index in [9.17, 15) is 4.79 Å². The maximum atomic E-state index is 11.8. The molecule has 1 atom stereocenters. The molecule has 0 aromatic heterocycles. The van der Waals surface area contributed by atoms with Crippen molar-refractivity contribution in [2.45, 2.75) is 45.1 Å². The Balaban J connectivity index is 2.16. The third kappa shape index (κ3) is 7.55. The molecule has 0 fully saturated rings. The molecule has 0 aliphatic rings. The lowest BCUT2D eigenvalue weighted by molar-refractivity contribution is -0.139. The Kier molecular flexibility index (Phi) is 8.52. The number of nitrogens with one attached hydrogen (secondary N) is 2. The van der Waals surface area contributed by atoms with E-state index in [-0.39, 0.29) is 5.97 Å². The predicted octanol–water partition coefficient (Wildman–Crippen LogP) is 5.93. The molecule has 0 heterocycles. The zero-order valence-corrected chi connectivity index (χ0v) is 17.4. The Hall–Kier alpha value is -2.14. The van der Waals surface area contributed by atoms with E-state index in [2.05, 4.69) is 49.6 Å². The zero-order chi connectivity index (χ0) is 19.6. The Morgan fingerprint density at radius 1 is 1.07 bits per heavy atom. The largest absolute Gasteiger partial charge is 0.465 e. The molecule has 1 unspecified atom stereocenters. The number of hydrogen-bond donors (Lipinski definition) is 2. The second-order valence-electron chi connectivity index (χ2n) is 6.97. The van der Waals surface area contributed by atoms with Gasteiger partial charge in [0.1, 0.15) is 0 Å². The van der Waals surface area contributed by atoms with E-state index in [0.717, 1.165) is 28.4 Å². The van der Waals surface area contributed by atoms with Gasteiger partial charge in [0.15, 0.2) is 0 Å². The first-order valence-electron chi connectivity index (χ1n) is 9.49. The fourth-order valence-corrected chi connectivity index (χ4v) is 3.75. The molecular formula is C22H30N2O2S. The SMILES string of the molecule is CCOC(=O)CSc1cc(Nc2ccccc2)ccc1NC(C)CC(C)C. The molecule has 2 aromatic carbocycles. The number of carbonyl (C=O) groups excluding carboxylic acids is 1. The topological polar surface area (TPSA) is 50.4 Å². The molecule has 146 valence electrons. The number of para-hydroxylation sites is 1. The Morgan fingerprint density at radius 3 is 2.48 bits per heavy atom. The molecular weight excluding hydrogens is 356 g/mol. The minimum Gasteiger partial charge on any atom is -0.465 e. The third-order valence-corrected chi connectivity index (χ3v) is 4.95. The highest BCUT2D eigenvalue weighted by atomic mass is 32.2. The third-order valence-electron chi connectivity index (χ3n) is 3.92. The second-order valence-corrected chi connectivity index (χ2v) is 7.99. The van der Waals surface area contributed by atoms with Gasteiger partial charge in [0.05, 0.1) is 12.4 Å². The highest BCUT2D eigenvalue weighted by Crippen LogP contribution is 2.32. The average Bonchev–Trinajstić information content (AvgIpc) is 2.62. The summed E-state index contributed by atoms with van der Waals surface area (Å²) in [5, 5.41) is 7.00. The Morgan fingerprint density at radius 2 is 1.81 bits per heavy atom. The molecule has 4 nitrogen and oxygen atoms in total. The monoisotopic (exact) mass is 386 g/mol. The fourth-order valence-electron chi connectivity index (χ4n) is 2.90. The average molecular weight is 387 g/mol. The molecule has 0 amide bonds. The van der Waals surface area contributed by atoms with E-state index in [1.807, 2.05) is 37.3 Å². The molecule has 0 radical (unpaired) electrons. The minimum atomic E-state index is -0.190. The van der Waals surface area contributed by atoms with Crippen molar-refractivity contribution in [3.05, 3.63) is 48.5 Å². The summed E-state index contributed by atoms with van der Waals surface area (Å²) in [7, 11) is 0. The lowest BCUT2D eigenvalue weighted by atomic mass is 10.1. The van der Waals surface area contributed by atoms with Crippen molar-refractivity contribution in [1.82, 2.24) is 0 Å². The van der Waals surface area contributed by atoms with Gasteiger partial charge in [-0.2, -0.15) is 0 Å². The van der Waals surface area contributed by atoms with E-state index >= 15 is 0 Å². The molecule has 0 saturated carbocycles. The van der Waals surface area contributed by atoms with Crippen molar-refractivity contribution < 1.29 is 9.53 Å². The van der Waals surface area contributed by atoms with Crippen LogP contribution in [0, 0.1) is 5.92 Å². The van der Waals surface area contributed by atoms with Crippen LogP contribution in [0.4, 0.5) is 17.1 Å². The Bertz CT molecular complexity index is 720. The van der Waals surface area contributed by atoms with Gasteiger partial charge in [-0.3, -0.25) is 4.79 Å². The summed E-state index contributed by atoms with van der Waals surface area (Å²) in [4.78, 5) is 12.8. The predicted molar refractivity (Wildman–Crippen MR) is 116 cm³/mol. The van der Waals surface area contributed by atoms with Crippen LogP contribution in [0.2, 0.25) is 0 Å². The second kappa shape index (κ2) is 10.9. The van der Waals surface area contributed by atoms with Crippen LogP contribution in [0.5, 0.6) is 0 Å². The van der Waals surface area contributed by atoms with Crippen molar-refractivity contribution in [3.8, 4) is 0 Å². The van der Waals surface area contributed by atoms with Crippen molar-refractivity contribution in [2.75, 3.05) is 23.0 Å². The van der Waals surface area contributed by atoms with Crippen LogP contribution in [0.1, 0.15) is 34.1 Å². The lowest BCUT2D eigenvalue weighted by Gasteiger charge is -2.20. The molecule has 27 heavy (non-hydrogen) atoms. The Labute approximate surface area is 167 Å². The van der Waals surface area contributed by atoms with Crippen LogP contribution in [0.15, 0.2) is 53.4 Å². The summed E-state index contributed by atoms with van der Waals surface area (Å²) in [5.74, 6) is 0.739. The molecule has 0 aliphatic heterocycles. The molecule has 0 bridgehead atoms. The quantitative estimate of drug-likeness (QED) is 0.391. The first-order chi connectivity index (χ1) is 13.0.